The quantitative estimate of drug-likeness (QED) is 0.171. The first-order chi connectivity index (χ1) is 17.0. The number of halogens is 5. The molecule has 0 bridgehead atoms. The lowest BCUT2D eigenvalue weighted by Crippen LogP contribution is -2.26. The first-order valence-corrected chi connectivity index (χ1v) is 10.1. The molecule has 0 atom stereocenters. The molecule has 2 aromatic carbocycles. The van der Waals surface area contributed by atoms with E-state index in [1.54, 1.807) is 24.3 Å². The van der Waals surface area contributed by atoms with Crippen LogP contribution in [0.1, 0.15) is 11.1 Å². The fourth-order valence-corrected chi connectivity index (χ4v) is 2.93. The Balaban J connectivity index is 2.72. The van der Waals surface area contributed by atoms with Crippen molar-refractivity contribution in [1.82, 2.24) is 5.32 Å². The molecule has 2 rings (SSSR count). The maximum Gasteiger partial charge on any atom is 0.422 e. The second-order valence-corrected chi connectivity index (χ2v) is 7.04. The van der Waals surface area contributed by atoms with E-state index in [1.165, 1.54) is 19.3 Å². The highest BCUT2D eigenvalue weighted by Gasteiger charge is 2.38. The molecule has 0 amide bonds. The van der Waals surface area contributed by atoms with Gasteiger partial charge in [-0.15, -0.1) is 0 Å². The van der Waals surface area contributed by atoms with Crippen molar-refractivity contribution in [2.45, 2.75) is 6.18 Å². The highest BCUT2D eigenvalue weighted by Crippen LogP contribution is 2.35. The minimum absolute atomic E-state index is 0.0581. The van der Waals surface area contributed by atoms with E-state index in [0.717, 1.165) is 12.4 Å². The fourth-order valence-electron chi connectivity index (χ4n) is 2.93. The molecule has 0 saturated heterocycles. The van der Waals surface area contributed by atoms with E-state index in [-0.39, 0.29) is 22.7 Å². The molecule has 11 heteroatoms. The number of benzene rings is 2. The van der Waals surface area contributed by atoms with Gasteiger partial charge in [0.25, 0.3) is 0 Å². The molecule has 0 unspecified atom stereocenters. The van der Waals surface area contributed by atoms with Crippen molar-refractivity contribution in [3.8, 4) is 0 Å². The zero-order chi connectivity index (χ0) is 26.9. The molecule has 6 nitrogen and oxygen atoms in total. The molecule has 0 spiro atoms. The third-order valence-corrected chi connectivity index (χ3v) is 4.46. The number of rotatable bonds is 9. The van der Waals surface area contributed by atoms with Crippen molar-refractivity contribution < 1.29 is 22.0 Å². The van der Waals surface area contributed by atoms with Gasteiger partial charge in [0, 0.05) is 42.6 Å². The van der Waals surface area contributed by atoms with Crippen molar-refractivity contribution in [2.24, 2.45) is 20.7 Å². The van der Waals surface area contributed by atoms with Crippen LogP contribution in [0.4, 0.5) is 33.3 Å². The SMILES string of the molecule is C=CC(=C)Nc1cccc(N=C(N/C(C=NC)=C/N)/C(=C\N=C)c2cc(F)c(C(F)(F)F)c(F)c2)c1. The Bertz CT molecular complexity index is 1250. The molecule has 0 heterocycles. The molecule has 0 aliphatic heterocycles. The minimum atomic E-state index is -5.22. The number of nitrogens with one attached hydrogen (secondary N) is 2. The van der Waals surface area contributed by atoms with E-state index < -0.39 is 23.4 Å². The van der Waals surface area contributed by atoms with Gasteiger partial charge in [-0.1, -0.05) is 19.2 Å². The lowest BCUT2D eigenvalue weighted by molar-refractivity contribution is -0.142. The van der Waals surface area contributed by atoms with Gasteiger partial charge in [0.2, 0.25) is 0 Å². The van der Waals surface area contributed by atoms with E-state index in [4.69, 9.17) is 5.73 Å². The molecule has 0 fully saturated rings. The van der Waals surface area contributed by atoms with Gasteiger partial charge >= 0.3 is 6.18 Å². The molecular weight excluding hydrogens is 479 g/mol. The van der Waals surface area contributed by atoms with Gasteiger partial charge in [-0.3, -0.25) is 9.98 Å². The van der Waals surface area contributed by atoms with Crippen molar-refractivity contribution >= 4 is 35.7 Å². The van der Waals surface area contributed by atoms with Crippen LogP contribution < -0.4 is 16.4 Å². The topological polar surface area (TPSA) is 87.2 Å². The molecular formula is C25H23F5N6. The lowest BCUT2D eigenvalue weighted by atomic mass is 10.0. The summed E-state index contributed by atoms with van der Waals surface area (Å²) in [6, 6.07) is 7.73. The highest BCUT2D eigenvalue weighted by molar-refractivity contribution is 6.24. The van der Waals surface area contributed by atoms with Gasteiger partial charge in [-0.2, -0.15) is 13.2 Å². The average Bonchev–Trinajstić information content (AvgIpc) is 2.80. The first kappa shape index (κ1) is 27.7. The largest absolute Gasteiger partial charge is 0.422 e. The maximum atomic E-state index is 14.4. The second-order valence-electron chi connectivity index (χ2n) is 7.04. The van der Waals surface area contributed by atoms with Crippen LogP contribution in [0.5, 0.6) is 0 Å². The maximum absolute atomic E-state index is 14.4. The molecule has 0 aromatic heterocycles. The van der Waals surface area contributed by atoms with Crippen LogP contribution in [0.15, 0.2) is 94.4 Å². The summed E-state index contributed by atoms with van der Waals surface area (Å²) in [5.74, 6) is -3.66. The number of amidine groups is 1. The van der Waals surface area contributed by atoms with Crippen LogP contribution in [-0.2, 0) is 6.18 Å². The Morgan fingerprint density at radius 1 is 1.11 bits per heavy atom. The number of nitrogens with two attached hydrogens (primary N) is 1. The normalized spacial score (nSPS) is 13.0. The number of hydrogen-bond acceptors (Lipinski definition) is 5. The number of anilines is 1. The Morgan fingerprint density at radius 2 is 1.78 bits per heavy atom. The van der Waals surface area contributed by atoms with Gasteiger partial charge in [0.15, 0.2) is 0 Å². The van der Waals surface area contributed by atoms with E-state index in [1.807, 2.05) is 0 Å². The summed E-state index contributed by atoms with van der Waals surface area (Å²) < 4.78 is 68.0. The minimum Gasteiger partial charge on any atom is -0.403 e. The van der Waals surface area contributed by atoms with E-state index in [0.29, 0.717) is 29.2 Å². The third-order valence-electron chi connectivity index (χ3n) is 4.46. The number of nitrogens with zero attached hydrogens (tertiary/aromatic N) is 3. The van der Waals surface area contributed by atoms with Crippen LogP contribution in [0, 0.1) is 11.6 Å². The van der Waals surface area contributed by atoms with Crippen molar-refractivity contribution in [2.75, 3.05) is 12.4 Å². The molecule has 0 saturated carbocycles. The van der Waals surface area contributed by atoms with Gasteiger partial charge in [-0.05, 0) is 48.7 Å². The smallest absolute Gasteiger partial charge is 0.403 e. The van der Waals surface area contributed by atoms with Crippen LogP contribution in [-0.4, -0.2) is 25.8 Å². The summed E-state index contributed by atoms with van der Waals surface area (Å²) >= 11 is 0. The number of allylic oxidation sites excluding steroid dienone is 2. The summed E-state index contributed by atoms with van der Waals surface area (Å²) in [5.41, 5.74) is 4.97. The molecule has 0 aliphatic rings. The first-order valence-electron chi connectivity index (χ1n) is 10.1. The molecule has 36 heavy (non-hydrogen) atoms. The Morgan fingerprint density at radius 3 is 2.31 bits per heavy atom. The number of aliphatic imine (C=N–C) groups is 3. The molecule has 0 radical (unpaired) electrons. The predicted octanol–water partition coefficient (Wildman–Crippen LogP) is 5.96. The highest BCUT2D eigenvalue weighted by atomic mass is 19.4. The second kappa shape index (κ2) is 12.2. The van der Waals surface area contributed by atoms with Gasteiger partial charge < -0.3 is 16.4 Å². The van der Waals surface area contributed by atoms with Crippen LogP contribution >= 0.6 is 0 Å². The summed E-state index contributed by atoms with van der Waals surface area (Å²) in [6.45, 7) is 10.7. The van der Waals surface area contributed by atoms with E-state index in [9.17, 15) is 22.0 Å². The van der Waals surface area contributed by atoms with Gasteiger partial charge in [0.1, 0.15) is 23.0 Å². The van der Waals surface area contributed by atoms with Crippen molar-refractivity contribution in [3.63, 3.8) is 0 Å². The average molecular weight is 502 g/mol. The third kappa shape index (κ3) is 7.23. The molecule has 2 aromatic rings. The number of hydrogen-bond donors (Lipinski definition) is 3. The van der Waals surface area contributed by atoms with E-state index in [2.05, 4.69) is 45.5 Å². The lowest BCUT2D eigenvalue weighted by Gasteiger charge is -2.16. The molecule has 4 N–H and O–H groups in total. The van der Waals surface area contributed by atoms with Crippen molar-refractivity contribution in [3.05, 3.63) is 102 Å². The van der Waals surface area contributed by atoms with Gasteiger partial charge in [0.05, 0.1) is 11.4 Å². The van der Waals surface area contributed by atoms with E-state index >= 15 is 0 Å². The van der Waals surface area contributed by atoms with Crippen LogP contribution in [0.2, 0.25) is 0 Å². The predicted molar refractivity (Wildman–Crippen MR) is 135 cm³/mol. The zero-order valence-corrected chi connectivity index (χ0v) is 19.2. The van der Waals surface area contributed by atoms with Crippen molar-refractivity contribution in [1.29, 1.82) is 0 Å². The Hall–Kier alpha value is -4.54. The summed E-state index contributed by atoms with van der Waals surface area (Å²) in [4.78, 5) is 12.0. The molecule has 0 aliphatic carbocycles. The number of alkyl halides is 3. The standard InChI is InChI=1S/C25H23F5N6/c1-5-15(2)34-17-7-6-8-18(11-17)35-24(36-19(12-31)13-32-3)20(14-33-4)16-9-21(26)23(22(27)10-16)25(28,29)30/h5-14,34H,1-2,4,31H2,3H3,(H,35,36)/b19-12+,20-14-,32-13?. The zero-order valence-electron chi connectivity index (χ0n) is 19.2. The van der Waals surface area contributed by atoms with Crippen LogP contribution in [0.25, 0.3) is 5.57 Å². The fraction of sp³-hybridized carbons (Fsp3) is 0.0800. The summed E-state index contributed by atoms with van der Waals surface area (Å²) in [5, 5.41) is 5.85. The Kier molecular flexibility index (Phi) is 9.42. The Labute approximate surface area is 204 Å². The summed E-state index contributed by atoms with van der Waals surface area (Å²) in [6.07, 6.45) is -0.129. The molecule has 188 valence electrons. The van der Waals surface area contributed by atoms with Gasteiger partial charge in [-0.25, -0.2) is 13.8 Å². The van der Waals surface area contributed by atoms with Crippen LogP contribution in [0.3, 0.4) is 0 Å². The summed E-state index contributed by atoms with van der Waals surface area (Å²) in [7, 11) is 1.48. The monoisotopic (exact) mass is 502 g/mol.